The average Bonchev–Trinajstić information content (AvgIpc) is 2.18. The normalized spacial score (nSPS) is 12.4. The van der Waals surface area contributed by atoms with Crippen molar-refractivity contribution >= 4 is 17.7 Å². The predicted octanol–water partition coefficient (Wildman–Crippen LogP) is 2.25. The summed E-state index contributed by atoms with van der Waals surface area (Å²) < 4.78 is 0. The molecule has 0 heterocycles. The van der Waals surface area contributed by atoms with Gasteiger partial charge < -0.3 is 10.2 Å². The summed E-state index contributed by atoms with van der Waals surface area (Å²) in [5.74, 6) is -0.0695. The van der Waals surface area contributed by atoms with Crippen molar-refractivity contribution in [2.45, 2.75) is 24.3 Å². The molecule has 0 fully saturated rings. The molecule has 1 rings (SSSR count). The number of aliphatic hydroxyl groups is 1. The van der Waals surface area contributed by atoms with E-state index in [2.05, 4.69) is 0 Å². The van der Waals surface area contributed by atoms with Crippen LogP contribution in [0.25, 0.3) is 0 Å². The Morgan fingerprint density at radius 3 is 2.47 bits per heavy atom. The first-order valence-electron chi connectivity index (χ1n) is 4.74. The molecule has 4 heteroatoms. The molecule has 0 spiro atoms. The van der Waals surface area contributed by atoms with Crippen molar-refractivity contribution in [1.82, 2.24) is 0 Å². The van der Waals surface area contributed by atoms with E-state index >= 15 is 0 Å². The highest BCUT2D eigenvalue weighted by molar-refractivity contribution is 7.99. The van der Waals surface area contributed by atoms with Gasteiger partial charge in [0.05, 0.1) is 11.7 Å². The summed E-state index contributed by atoms with van der Waals surface area (Å²) in [6.45, 7) is 1.76. The van der Waals surface area contributed by atoms with E-state index in [1.165, 1.54) is 0 Å². The Bertz CT molecular complexity index is 319. The number of hydrogen-bond donors (Lipinski definition) is 2. The van der Waals surface area contributed by atoms with E-state index in [4.69, 9.17) is 10.2 Å². The van der Waals surface area contributed by atoms with Crippen molar-refractivity contribution in [3.05, 3.63) is 29.8 Å². The lowest BCUT2D eigenvalue weighted by atomic mass is 10.2. The number of rotatable bonds is 5. The van der Waals surface area contributed by atoms with Gasteiger partial charge in [0.2, 0.25) is 0 Å². The minimum Gasteiger partial charge on any atom is -0.478 e. The second-order valence-corrected chi connectivity index (χ2v) is 4.48. The standard InChI is InChI=1S/C11H14O3S/c1-8(12)6-7-15-10-4-2-9(3-5-10)11(13)14/h2-5,8,12H,6-7H2,1H3,(H,13,14). The minimum atomic E-state index is -0.907. The Morgan fingerprint density at radius 2 is 2.00 bits per heavy atom. The van der Waals surface area contributed by atoms with Gasteiger partial charge in [0, 0.05) is 10.6 Å². The molecule has 0 saturated carbocycles. The summed E-state index contributed by atoms with van der Waals surface area (Å²) >= 11 is 1.62. The van der Waals surface area contributed by atoms with E-state index in [0.717, 1.165) is 17.1 Å². The highest BCUT2D eigenvalue weighted by Crippen LogP contribution is 2.19. The zero-order valence-electron chi connectivity index (χ0n) is 8.51. The van der Waals surface area contributed by atoms with Gasteiger partial charge in [-0.25, -0.2) is 4.79 Å². The predicted molar refractivity (Wildman–Crippen MR) is 60.4 cm³/mol. The molecule has 82 valence electrons. The first-order chi connectivity index (χ1) is 7.09. The van der Waals surface area contributed by atoms with Crippen LogP contribution in [0.15, 0.2) is 29.2 Å². The van der Waals surface area contributed by atoms with Gasteiger partial charge >= 0.3 is 5.97 Å². The molecule has 0 amide bonds. The molecule has 1 aromatic rings. The smallest absolute Gasteiger partial charge is 0.335 e. The summed E-state index contributed by atoms with van der Waals surface area (Å²) in [5.41, 5.74) is 0.301. The van der Waals surface area contributed by atoms with E-state index in [0.29, 0.717) is 5.56 Å². The Labute approximate surface area is 93.1 Å². The van der Waals surface area contributed by atoms with Crippen molar-refractivity contribution in [3.8, 4) is 0 Å². The third-order valence-electron chi connectivity index (χ3n) is 1.91. The maximum Gasteiger partial charge on any atom is 0.335 e. The van der Waals surface area contributed by atoms with Crippen molar-refractivity contribution in [2.75, 3.05) is 5.75 Å². The van der Waals surface area contributed by atoms with E-state index in [1.807, 2.05) is 0 Å². The molecular formula is C11H14O3S. The second kappa shape index (κ2) is 5.78. The Balaban J connectivity index is 2.46. The van der Waals surface area contributed by atoms with Crippen LogP contribution in [0.3, 0.4) is 0 Å². The molecule has 0 bridgehead atoms. The molecule has 0 aliphatic heterocycles. The lowest BCUT2D eigenvalue weighted by Gasteiger charge is -2.04. The van der Waals surface area contributed by atoms with Gasteiger partial charge in [-0.2, -0.15) is 0 Å². The fourth-order valence-corrected chi connectivity index (χ4v) is 2.06. The molecule has 0 aliphatic carbocycles. The molecule has 0 aromatic heterocycles. The third-order valence-corrected chi connectivity index (χ3v) is 2.95. The number of carbonyl (C=O) groups is 1. The zero-order chi connectivity index (χ0) is 11.3. The number of carboxylic acids is 1. The van der Waals surface area contributed by atoms with Gasteiger partial charge in [0.1, 0.15) is 0 Å². The van der Waals surface area contributed by atoms with Gasteiger partial charge in [0.25, 0.3) is 0 Å². The van der Waals surface area contributed by atoms with Crippen LogP contribution in [-0.4, -0.2) is 28.0 Å². The minimum absolute atomic E-state index is 0.282. The topological polar surface area (TPSA) is 57.5 Å². The van der Waals surface area contributed by atoms with Gasteiger partial charge in [-0.15, -0.1) is 11.8 Å². The third kappa shape index (κ3) is 4.36. The zero-order valence-corrected chi connectivity index (χ0v) is 9.33. The summed E-state index contributed by atoms with van der Waals surface area (Å²) in [5, 5.41) is 17.7. The fraction of sp³-hybridized carbons (Fsp3) is 0.364. The molecule has 1 aromatic carbocycles. The van der Waals surface area contributed by atoms with Gasteiger partial charge in [-0.05, 0) is 37.6 Å². The van der Waals surface area contributed by atoms with Crippen molar-refractivity contribution in [1.29, 1.82) is 0 Å². The van der Waals surface area contributed by atoms with Crippen molar-refractivity contribution < 1.29 is 15.0 Å². The molecule has 1 unspecified atom stereocenters. The number of carboxylic acid groups (broad SMARTS) is 1. The molecule has 15 heavy (non-hydrogen) atoms. The average molecular weight is 226 g/mol. The maximum absolute atomic E-state index is 10.6. The van der Waals surface area contributed by atoms with Crippen LogP contribution in [0.2, 0.25) is 0 Å². The highest BCUT2D eigenvalue weighted by Gasteiger charge is 2.02. The number of aliphatic hydroxyl groups excluding tert-OH is 1. The van der Waals surface area contributed by atoms with Gasteiger partial charge in [0.15, 0.2) is 0 Å². The maximum atomic E-state index is 10.6. The molecule has 0 aliphatic rings. The van der Waals surface area contributed by atoms with Crippen LogP contribution in [0.4, 0.5) is 0 Å². The monoisotopic (exact) mass is 226 g/mol. The quantitative estimate of drug-likeness (QED) is 0.756. The number of hydrogen-bond acceptors (Lipinski definition) is 3. The number of benzene rings is 1. The Hall–Kier alpha value is -1.00. The van der Waals surface area contributed by atoms with Crippen LogP contribution in [0.1, 0.15) is 23.7 Å². The van der Waals surface area contributed by atoms with Crippen LogP contribution in [0.5, 0.6) is 0 Å². The molecule has 2 N–H and O–H groups in total. The van der Waals surface area contributed by atoms with E-state index in [9.17, 15) is 4.79 Å². The van der Waals surface area contributed by atoms with Crippen molar-refractivity contribution in [2.24, 2.45) is 0 Å². The summed E-state index contributed by atoms with van der Waals surface area (Å²) in [6.07, 6.45) is 0.460. The lowest BCUT2D eigenvalue weighted by Crippen LogP contribution is -2.00. The number of thioether (sulfide) groups is 1. The summed E-state index contributed by atoms with van der Waals surface area (Å²) in [6, 6.07) is 6.76. The molecule has 0 saturated heterocycles. The molecular weight excluding hydrogens is 212 g/mol. The van der Waals surface area contributed by atoms with Gasteiger partial charge in [-0.1, -0.05) is 0 Å². The summed E-state index contributed by atoms with van der Waals surface area (Å²) in [4.78, 5) is 11.6. The van der Waals surface area contributed by atoms with Crippen LogP contribution >= 0.6 is 11.8 Å². The van der Waals surface area contributed by atoms with E-state index in [1.54, 1.807) is 43.0 Å². The summed E-state index contributed by atoms with van der Waals surface area (Å²) in [7, 11) is 0. The molecule has 0 radical (unpaired) electrons. The lowest BCUT2D eigenvalue weighted by molar-refractivity contribution is 0.0697. The number of aromatic carboxylic acids is 1. The molecule has 1 atom stereocenters. The highest BCUT2D eigenvalue weighted by atomic mass is 32.2. The van der Waals surface area contributed by atoms with Crippen molar-refractivity contribution in [3.63, 3.8) is 0 Å². The largest absolute Gasteiger partial charge is 0.478 e. The first kappa shape index (κ1) is 12.1. The van der Waals surface area contributed by atoms with Crippen LogP contribution < -0.4 is 0 Å². The van der Waals surface area contributed by atoms with E-state index in [-0.39, 0.29) is 6.10 Å². The van der Waals surface area contributed by atoms with Gasteiger partial charge in [-0.3, -0.25) is 0 Å². The SMILES string of the molecule is CC(O)CCSc1ccc(C(=O)O)cc1. The van der Waals surface area contributed by atoms with Crippen LogP contribution in [0, 0.1) is 0 Å². The van der Waals surface area contributed by atoms with Crippen LogP contribution in [-0.2, 0) is 0 Å². The first-order valence-corrected chi connectivity index (χ1v) is 5.72. The second-order valence-electron chi connectivity index (χ2n) is 3.32. The Morgan fingerprint density at radius 1 is 1.40 bits per heavy atom. The Kier molecular flexibility index (Phi) is 4.65. The molecule has 3 nitrogen and oxygen atoms in total. The fourth-order valence-electron chi connectivity index (χ4n) is 1.04. The van der Waals surface area contributed by atoms with E-state index < -0.39 is 5.97 Å².